The van der Waals surface area contributed by atoms with Crippen LogP contribution in [0.1, 0.15) is 43.7 Å². The second-order valence-electron chi connectivity index (χ2n) is 4.92. The predicted molar refractivity (Wildman–Crippen MR) is 78.0 cm³/mol. The third-order valence-electron chi connectivity index (χ3n) is 3.66. The van der Waals surface area contributed by atoms with Crippen LogP contribution in [0.25, 0.3) is 10.9 Å². The van der Waals surface area contributed by atoms with Crippen molar-refractivity contribution in [2.24, 2.45) is 0 Å². The zero-order valence-corrected chi connectivity index (χ0v) is 12.2. The zero-order chi connectivity index (χ0) is 12.5. The minimum absolute atomic E-state index is 0.191. The van der Waals surface area contributed by atoms with Gasteiger partial charge in [-0.25, -0.2) is 4.39 Å². The van der Waals surface area contributed by atoms with E-state index in [-0.39, 0.29) is 5.82 Å². The Labute approximate surface area is 119 Å². The monoisotopic (exact) mass is 356 g/mol. The van der Waals surface area contributed by atoms with Gasteiger partial charge < -0.3 is 0 Å². The maximum absolute atomic E-state index is 13.9. The van der Waals surface area contributed by atoms with E-state index in [1.165, 1.54) is 19.3 Å². The SMILES string of the molecule is Fc1cc(I)cc2nnc(C3CCCCC3)cc12. The van der Waals surface area contributed by atoms with Crippen LogP contribution in [0.2, 0.25) is 0 Å². The normalized spacial score (nSPS) is 17.2. The van der Waals surface area contributed by atoms with Crippen molar-refractivity contribution in [3.8, 4) is 0 Å². The van der Waals surface area contributed by atoms with Gasteiger partial charge in [0.1, 0.15) is 5.82 Å². The summed E-state index contributed by atoms with van der Waals surface area (Å²) in [6.07, 6.45) is 6.13. The van der Waals surface area contributed by atoms with Crippen LogP contribution in [-0.4, -0.2) is 10.2 Å². The Morgan fingerprint density at radius 3 is 2.61 bits per heavy atom. The van der Waals surface area contributed by atoms with Crippen LogP contribution >= 0.6 is 22.6 Å². The van der Waals surface area contributed by atoms with E-state index >= 15 is 0 Å². The number of rotatable bonds is 1. The fourth-order valence-electron chi connectivity index (χ4n) is 2.68. The van der Waals surface area contributed by atoms with E-state index in [1.54, 1.807) is 6.07 Å². The van der Waals surface area contributed by atoms with E-state index in [9.17, 15) is 4.39 Å². The van der Waals surface area contributed by atoms with Crippen molar-refractivity contribution in [2.75, 3.05) is 0 Å². The second kappa shape index (κ2) is 5.07. The summed E-state index contributed by atoms with van der Waals surface area (Å²) in [7, 11) is 0. The highest BCUT2D eigenvalue weighted by Gasteiger charge is 2.18. The van der Waals surface area contributed by atoms with E-state index in [0.717, 1.165) is 22.1 Å². The summed E-state index contributed by atoms with van der Waals surface area (Å²) in [6, 6.07) is 5.32. The molecule has 0 bridgehead atoms. The Hall–Kier alpha value is -0.780. The van der Waals surface area contributed by atoms with Gasteiger partial charge in [0, 0.05) is 14.9 Å². The first-order valence-electron chi connectivity index (χ1n) is 6.36. The standard InChI is InChI=1S/C14H14FIN2/c15-12-6-10(16)7-14-11(12)8-13(17-18-14)9-4-2-1-3-5-9/h6-9H,1-5H2. The van der Waals surface area contributed by atoms with Gasteiger partial charge in [-0.15, -0.1) is 0 Å². The van der Waals surface area contributed by atoms with Crippen LogP contribution in [0.5, 0.6) is 0 Å². The zero-order valence-electron chi connectivity index (χ0n) is 10.00. The Balaban J connectivity index is 2.04. The largest absolute Gasteiger partial charge is 0.206 e. The minimum atomic E-state index is -0.191. The molecule has 1 saturated carbocycles. The van der Waals surface area contributed by atoms with Gasteiger partial charge in [0.15, 0.2) is 0 Å². The fraction of sp³-hybridized carbons (Fsp3) is 0.429. The highest BCUT2D eigenvalue weighted by molar-refractivity contribution is 14.1. The average Bonchev–Trinajstić information content (AvgIpc) is 2.39. The van der Waals surface area contributed by atoms with Crippen molar-refractivity contribution in [3.05, 3.63) is 33.3 Å². The molecule has 0 spiro atoms. The predicted octanol–water partition coefficient (Wildman–Crippen LogP) is 4.42. The number of halogens is 2. The molecule has 1 aliphatic rings. The second-order valence-corrected chi connectivity index (χ2v) is 6.17. The molecule has 0 amide bonds. The van der Waals surface area contributed by atoms with E-state index in [2.05, 4.69) is 32.8 Å². The van der Waals surface area contributed by atoms with Crippen LogP contribution in [0, 0.1) is 9.39 Å². The van der Waals surface area contributed by atoms with Crippen molar-refractivity contribution < 1.29 is 4.39 Å². The molecule has 94 valence electrons. The molecule has 1 fully saturated rings. The first-order valence-corrected chi connectivity index (χ1v) is 7.44. The van der Waals surface area contributed by atoms with Gasteiger partial charge in [0.25, 0.3) is 0 Å². The lowest BCUT2D eigenvalue weighted by Crippen LogP contribution is -2.07. The van der Waals surface area contributed by atoms with Crippen LogP contribution in [0.3, 0.4) is 0 Å². The molecule has 1 aliphatic carbocycles. The van der Waals surface area contributed by atoms with Crippen molar-refractivity contribution in [1.29, 1.82) is 0 Å². The highest BCUT2D eigenvalue weighted by Crippen LogP contribution is 2.32. The van der Waals surface area contributed by atoms with Gasteiger partial charge in [0.2, 0.25) is 0 Å². The summed E-state index contributed by atoms with van der Waals surface area (Å²) in [5.74, 6) is 0.276. The van der Waals surface area contributed by atoms with Gasteiger partial charge in [-0.05, 0) is 53.6 Å². The van der Waals surface area contributed by atoms with Crippen LogP contribution in [0.15, 0.2) is 18.2 Å². The Bertz CT molecular complexity index is 579. The lowest BCUT2D eigenvalue weighted by Gasteiger charge is -2.20. The highest BCUT2D eigenvalue weighted by atomic mass is 127. The molecule has 0 radical (unpaired) electrons. The Morgan fingerprint density at radius 2 is 1.83 bits per heavy atom. The first-order chi connectivity index (χ1) is 8.74. The van der Waals surface area contributed by atoms with Crippen molar-refractivity contribution in [1.82, 2.24) is 10.2 Å². The summed E-state index contributed by atoms with van der Waals surface area (Å²) >= 11 is 2.10. The third-order valence-corrected chi connectivity index (χ3v) is 4.28. The van der Waals surface area contributed by atoms with Crippen LogP contribution < -0.4 is 0 Å². The first kappa shape index (κ1) is 12.3. The molecule has 0 unspecified atom stereocenters. The molecule has 3 rings (SSSR count). The summed E-state index contributed by atoms with van der Waals surface area (Å²) in [5.41, 5.74) is 1.61. The molecule has 0 saturated heterocycles. The van der Waals surface area contributed by atoms with Gasteiger partial charge >= 0.3 is 0 Å². The Morgan fingerprint density at radius 1 is 1.06 bits per heavy atom. The van der Waals surface area contributed by atoms with Gasteiger partial charge in [-0.2, -0.15) is 10.2 Å². The number of fused-ring (bicyclic) bond motifs is 1. The van der Waals surface area contributed by atoms with Crippen LogP contribution in [0.4, 0.5) is 4.39 Å². The quantitative estimate of drug-likeness (QED) is 0.707. The van der Waals surface area contributed by atoms with Gasteiger partial charge in [-0.1, -0.05) is 19.3 Å². The maximum Gasteiger partial charge on any atom is 0.133 e. The summed E-state index contributed by atoms with van der Waals surface area (Å²) < 4.78 is 14.8. The molecule has 1 heterocycles. The van der Waals surface area contributed by atoms with Crippen molar-refractivity contribution in [3.63, 3.8) is 0 Å². The lowest BCUT2D eigenvalue weighted by molar-refractivity contribution is 0.434. The number of aromatic nitrogens is 2. The minimum Gasteiger partial charge on any atom is -0.206 e. The fourth-order valence-corrected chi connectivity index (χ4v) is 3.25. The molecular weight excluding hydrogens is 342 g/mol. The van der Waals surface area contributed by atoms with E-state index in [0.29, 0.717) is 16.8 Å². The molecule has 0 N–H and O–H groups in total. The molecule has 0 aliphatic heterocycles. The summed E-state index contributed by atoms with van der Waals surface area (Å²) in [5, 5.41) is 9.08. The number of hydrogen-bond donors (Lipinski definition) is 0. The molecule has 18 heavy (non-hydrogen) atoms. The average molecular weight is 356 g/mol. The maximum atomic E-state index is 13.9. The number of hydrogen-bond acceptors (Lipinski definition) is 2. The number of nitrogens with zero attached hydrogens (tertiary/aromatic N) is 2. The number of benzene rings is 1. The topological polar surface area (TPSA) is 25.8 Å². The van der Waals surface area contributed by atoms with Crippen molar-refractivity contribution >= 4 is 33.5 Å². The van der Waals surface area contributed by atoms with E-state index < -0.39 is 0 Å². The molecule has 1 aromatic heterocycles. The molecule has 0 atom stereocenters. The van der Waals surface area contributed by atoms with E-state index in [4.69, 9.17) is 0 Å². The Kier molecular flexibility index (Phi) is 3.46. The lowest BCUT2D eigenvalue weighted by atomic mass is 9.86. The van der Waals surface area contributed by atoms with Crippen molar-refractivity contribution in [2.45, 2.75) is 38.0 Å². The molecular formula is C14H14FIN2. The molecule has 1 aromatic carbocycles. The van der Waals surface area contributed by atoms with Gasteiger partial charge in [0.05, 0.1) is 11.2 Å². The summed E-state index contributed by atoms with van der Waals surface area (Å²) in [4.78, 5) is 0. The molecule has 4 heteroatoms. The smallest absolute Gasteiger partial charge is 0.133 e. The third kappa shape index (κ3) is 2.35. The molecule has 2 aromatic rings. The molecule has 2 nitrogen and oxygen atoms in total. The van der Waals surface area contributed by atoms with Gasteiger partial charge in [-0.3, -0.25) is 0 Å². The van der Waals surface area contributed by atoms with Crippen LogP contribution in [-0.2, 0) is 0 Å². The van der Waals surface area contributed by atoms with E-state index in [1.807, 2.05) is 12.1 Å². The summed E-state index contributed by atoms with van der Waals surface area (Å²) in [6.45, 7) is 0.